The quantitative estimate of drug-likeness (QED) is 0.793. The largest absolute Gasteiger partial charge is 0.384 e. The lowest BCUT2D eigenvalue weighted by Gasteiger charge is -2.21. The normalized spacial score (nSPS) is 9.38. The van der Waals surface area contributed by atoms with Crippen LogP contribution in [0.1, 0.15) is 22.3 Å². The van der Waals surface area contributed by atoms with Gasteiger partial charge in [0.1, 0.15) is 6.61 Å². The van der Waals surface area contributed by atoms with Gasteiger partial charge in [-0.05, 0) is 24.3 Å². The minimum Gasteiger partial charge on any atom is -0.384 e. The van der Waals surface area contributed by atoms with Crippen molar-refractivity contribution in [2.75, 3.05) is 33.4 Å². The van der Waals surface area contributed by atoms with Gasteiger partial charge in [0.2, 0.25) is 0 Å². The van der Waals surface area contributed by atoms with E-state index in [1.807, 2.05) is 6.07 Å². The number of nitrogens with zero attached hydrogens (tertiary/aromatic N) is 2. The minimum atomic E-state index is -0.195. The molecule has 5 heteroatoms. The number of ether oxygens (including phenoxy) is 1. The average molecular weight is 286 g/mol. The molecule has 0 bridgehead atoms. The van der Waals surface area contributed by atoms with Crippen LogP contribution in [0.3, 0.4) is 0 Å². The number of aliphatic hydroxyl groups excluding tert-OH is 1. The van der Waals surface area contributed by atoms with E-state index in [4.69, 9.17) is 15.1 Å². The highest BCUT2D eigenvalue weighted by atomic mass is 16.5. The van der Waals surface area contributed by atoms with E-state index in [9.17, 15) is 4.79 Å². The Morgan fingerprint density at radius 2 is 2.05 bits per heavy atom. The fourth-order valence-electron chi connectivity index (χ4n) is 1.72. The molecule has 0 saturated heterocycles. The number of rotatable bonds is 6. The third kappa shape index (κ3) is 5.66. The van der Waals surface area contributed by atoms with Crippen LogP contribution in [0, 0.1) is 23.2 Å². The first-order chi connectivity index (χ1) is 10.2. The summed E-state index contributed by atoms with van der Waals surface area (Å²) in [5.74, 6) is 5.18. The Bertz CT molecular complexity index is 550. The van der Waals surface area contributed by atoms with Crippen LogP contribution in [0.15, 0.2) is 24.3 Å². The van der Waals surface area contributed by atoms with E-state index in [-0.39, 0.29) is 18.9 Å². The second-order valence-electron chi connectivity index (χ2n) is 4.23. The third-order valence-electron chi connectivity index (χ3n) is 2.79. The summed E-state index contributed by atoms with van der Waals surface area (Å²) in [6.45, 7) is 1.06. The molecule has 0 saturated carbocycles. The number of benzene rings is 1. The Morgan fingerprint density at radius 3 is 2.62 bits per heavy atom. The fourth-order valence-corrected chi connectivity index (χ4v) is 1.72. The van der Waals surface area contributed by atoms with Crippen LogP contribution in [-0.2, 0) is 4.74 Å². The van der Waals surface area contributed by atoms with Crippen molar-refractivity contribution in [3.63, 3.8) is 0 Å². The van der Waals surface area contributed by atoms with Gasteiger partial charge in [0.25, 0.3) is 5.91 Å². The van der Waals surface area contributed by atoms with Gasteiger partial charge in [-0.15, -0.1) is 0 Å². The number of amides is 1. The van der Waals surface area contributed by atoms with Crippen LogP contribution >= 0.6 is 0 Å². The maximum Gasteiger partial charge on any atom is 0.253 e. The van der Waals surface area contributed by atoms with E-state index >= 15 is 0 Å². The van der Waals surface area contributed by atoms with E-state index in [1.165, 1.54) is 0 Å². The molecular formula is C16H18N2O3. The molecule has 0 spiro atoms. The molecular weight excluding hydrogens is 268 g/mol. The van der Waals surface area contributed by atoms with Crippen LogP contribution in [0.2, 0.25) is 0 Å². The number of carbonyl (C=O) groups is 1. The average Bonchev–Trinajstić information content (AvgIpc) is 2.53. The standard InChI is InChI=1S/C16H18N2O3/c1-21-13-11-18(10-3-9-17)16(20)15-7-5-14(6-8-15)4-2-12-19/h5-8,19H,3,10-13H2,1H3. The number of carbonyl (C=O) groups excluding carboxylic acids is 1. The summed E-state index contributed by atoms with van der Waals surface area (Å²) in [5.41, 5.74) is 1.28. The van der Waals surface area contributed by atoms with E-state index in [2.05, 4.69) is 11.8 Å². The summed E-state index contributed by atoms with van der Waals surface area (Å²) in [6.07, 6.45) is 0.287. The van der Waals surface area contributed by atoms with Gasteiger partial charge in [-0.1, -0.05) is 11.8 Å². The smallest absolute Gasteiger partial charge is 0.253 e. The molecule has 1 aromatic rings. The molecule has 0 unspecified atom stereocenters. The van der Waals surface area contributed by atoms with Gasteiger partial charge in [0.05, 0.1) is 19.1 Å². The van der Waals surface area contributed by atoms with Crippen molar-refractivity contribution in [1.29, 1.82) is 5.26 Å². The van der Waals surface area contributed by atoms with Crippen LogP contribution < -0.4 is 0 Å². The first kappa shape index (κ1) is 16.7. The SMILES string of the molecule is COCCN(CCC#N)C(=O)c1ccc(C#CCO)cc1. The Hall–Kier alpha value is -2.34. The highest BCUT2D eigenvalue weighted by Gasteiger charge is 2.14. The molecule has 110 valence electrons. The Morgan fingerprint density at radius 1 is 1.33 bits per heavy atom. The van der Waals surface area contributed by atoms with E-state index in [1.54, 1.807) is 36.3 Å². The number of aliphatic hydroxyl groups is 1. The van der Waals surface area contributed by atoms with Crippen molar-refractivity contribution in [2.45, 2.75) is 6.42 Å². The monoisotopic (exact) mass is 286 g/mol. The number of hydrogen-bond donors (Lipinski definition) is 1. The molecule has 0 aliphatic carbocycles. The van der Waals surface area contributed by atoms with Gasteiger partial charge < -0.3 is 14.7 Å². The zero-order valence-electron chi connectivity index (χ0n) is 12.0. The molecule has 1 N–H and O–H groups in total. The lowest BCUT2D eigenvalue weighted by Crippen LogP contribution is -2.34. The molecule has 0 fully saturated rings. The minimum absolute atomic E-state index is 0.135. The molecule has 0 aliphatic rings. The molecule has 1 aromatic carbocycles. The first-order valence-corrected chi connectivity index (χ1v) is 6.58. The number of methoxy groups -OCH3 is 1. The summed E-state index contributed by atoms with van der Waals surface area (Å²) in [5, 5.41) is 17.3. The van der Waals surface area contributed by atoms with Crippen molar-refractivity contribution in [1.82, 2.24) is 4.90 Å². The highest BCUT2D eigenvalue weighted by Crippen LogP contribution is 2.08. The van der Waals surface area contributed by atoms with Gasteiger partial charge in [-0.25, -0.2) is 0 Å². The van der Waals surface area contributed by atoms with Crippen LogP contribution in [0.4, 0.5) is 0 Å². The van der Waals surface area contributed by atoms with E-state index < -0.39 is 0 Å². The van der Waals surface area contributed by atoms with Gasteiger partial charge in [-0.2, -0.15) is 5.26 Å². The molecule has 1 amide bonds. The molecule has 0 atom stereocenters. The van der Waals surface area contributed by atoms with Gasteiger partial charge in [-0.3, -0.25) is 4.79 Å². The lowest BCUT2D eigenvalue weighted by atomic mass is 10.1. The van der Waals surface area contributed by atoms with Crippen molar-refractivity contribution in [2.24, 2.45) is 0 Å². The second kappa shape index (κ2) is 9.55. The molecule has 0 aliphatic heterocycles. The summed E-state index contributed by atoms with van der Waals surface area (Å²) < 4.78 is 4.98. The van der Waals surface area contributed by atoms with Crippen LogP contribution in [0.5, 0.6) is 0 Å². The Labute approximate surface area is 124 Å². The van der Waals surface area contributed by atoms with E-state index in [0.29, 0.717) is 25.3 Å². The molecule has 5 nitrogen and oxygen atoms in total. The summed E-state index contributed by atoms with van der Waals surface area (Å²) in [4.78, 5) is 14.0. The Balaban J connectivity index is 2.79. The van der Waals surface area contributed by atoms with E-state index in [0.717, 1.165) is 5.56 Å². The second-order valence-corrected chi connectivity index (χ2v) is 4.23. The molecule has 0 aromatic heterocycles. The zero-order chi connectivity index (χ0) is 15.5. The predicted octanol–water partition coefficient (Wildman–Crippen LogP) is 1.03. The van der Waals surface area contributed by atoms with Crippen molar-refractivity contribution >= 4 is 5.91 Å². The summed E-state index contributed by atoms with van der Waals surface area (Å²) in [7, 11) is 1.57. The van der Waals surface area contributed by atoms with Crippen molar-refractivity contribution in [3.05, 3.63) is 35.4 Å². The van der Waals surface area contributed by atoms with Gasteiger partial charge in [0, 0.05) is 31.3 Å². The Kier molecular flexibility index (Phi) is 7.60. The summed E-state index contributed by atoms with van der Waals surface area (Å²) >= 11 is 0. The van der Waals surface area contributed by atoms with Crippen molar-refractivity contribution < 1.29 is 14.6 Å². The molecule has 0 radical (unpaired) electrons. The predicted molar refractivity (Wildman–Crippen MR) is 78.4 cm³/mol. The molecule has 0 heterocycles. The van der Waals surface area contributed by atoms with Crippen molar-refractivity contribution in [3.8, 4) is 17.9 Å². The molecule has 21 heavy (non-hydrogen) atoms. The number of hydrogen-bond acceptors (Lipinski definition) is 4. The maximum absolute atomic E-state index is 12.4. The highest BCUT2D eigenvalue weighted by molar-refractivity contribution is 5.94. The third-order valence-corrected chi connectivity index (χ3v) is 2.79. The van der Waals surface area contributed by atoms with Crippen LogP contribution in [-0.4, -0.2) is 49.3 Å². The maximum atomic E-state index is 12.4. The lowest BCUT2D eigenvalue weighted by molar-refractivity contribution is 0.0700. The van der Waals surface area contributed by atoms with Gasteiger partial charge in [0.15, 0.2) is 0 Å². The summed E-state index contributed by atoms with van der Waals surface area (Å²) in [6, 6.07) is 8.88. The molecule has 1 rings (SSSR count). The first-order valence-electron chi connectivity index (χ1n) is 6.58. The zero-order valence-corrected chi connectivity index (χ0v) is 12.0. The van der Waals surface area contributed by atoms with Gasteiger partial charge >= 0.3 is 0 Å². The van der Waals surface area contributed by atoms with Crippen LogP contribution in [0.25, 0.3) is 0 Å². The number of nitriles is 1. The topological polar surface area (TPSA) is 73.6 Å². The fraction of sp³-hybridized carbons (Fsp3) is 0.375.